The van der Waals surface area contributed by atoms with E-state index in [4.69, 9.17) is 0 Å². The van der Waals surface area contributed by atoms with Crippen LogP contribution in [0.3, 0.4) is 0 Å². The Balaban J connectivity index is 0.00000225. The monoisotopic (exact) mass is 363 g/mol. The molecule has 1 saturated carbocycles. The first-order valence-corrected chi connectivity index (χ1v) is 8.73. The molecule has 1 aliphatic heterocycles. The first-order valence-electron chi connectivity index (χ1n) is 8.73. The highest BCUT2D eigenvalue weighted by Gasteiger charge is 2.38. The lowest BCUT2D eigenvalue weighted by molar-refractivity contribution is -0.117. The van der Waals surface area contributed by atoms with Gasteiger partial charge >= 0.3 is 0 Å². The van der Waals surface area contributed by atoms with Gasteiger partial charge in [0.2, 0.25) is 5.91 Å². The van der Waals surface area contributed by atoms with Crippen molar-refractivity contribution in [1.29, 1.82) is 0 Å². The van der Waals surface area contributed by atoms with Crippen molar-refractivity contribution in [2.75, 3.05) is 11.9 Å². The Kier molecular flexibility index (Phi) is 7.02. The van der Waals surface area contributed by atoms with Crippen LogP contribution in [0.4, 0.5) is 5.69 Å². The van der Waals surface area contributed by atoms with Crippen molar-refractivity contribution in [3.05, 3.63) is 42.5 Å². The molecule has 3 atom stereocenters. The Morgan fingerprint density at radius 2 is 1.92 bits per heavy atom. The number of halogens is 1. The first-order chi connectivity index (χ1) is 11.7. The van der Waals surface area contributed by atoms with Crippen LogP contribution in [0.2, 0.25) is 0 Å². The summed E-state index contributed by atoms with van der Waals surface area (Å²) < 4.78 is 0. The number of hydrogen-bond acceptors (Lipinski definition) is 3. The number of carbonyl (C=O) groups excluding carboxylic acids is 2. The molecule has 1 saturated heterocycles. The average molecular weight is 364 g/mol. The van der Waals surface area contributed by atoms with Gasteiger partial charge in [-0.05, 0) is 49.4 Å². The maximum absolute atomic E-state index is 12.5. The Morgan fingerprint density at radius 1 is 1.20 bits per heavy atom. The summed E-state index contributed by atoms with van der Waals surface area (Å²) in [7, 11) is 0. The fourth-order valence-corrected chi connectivity index (χ4v) is 3.72. The number of anilines is 1. The van der Waals surface area contributed by atoms with Crippen molar-refractivity contribution in [2.45, 2.75) is 44.2 Å². The van der Waals surface area contributed by atoms with Gasteiger partial charge in [0, 0.05) is 23.8 Å². The van der Waals surface area contributed by atoms with Crippen LogP contribution in [0, 0.1) is 5.92 Å². The minimum Gasteiger partial charge on any atom is -0.349 e. The second kappa shape index (κ2) is 9.02. The fraction of sp³-hybridized carbons (Fsp3) is 0.474. The molecule has 3 N–H and O–H groups in total. The molecular formula is C19H26ClN3O2. The summed E-state index contributed by atoms with van der Waals surface area (Å²) in [4.78, 5) is 24.3. The minimum absolute atomic E-state index is 0. The molecule has 0 aromatic heterocycles. The van der Waals surface area contributed by atoms with Gasteiger partial charge in [0.05, 0.1) is 6.04 Å². The molecule has 0 spiro atoms. The lowest BCUT2D eigenvalue weighted by atomic mass is 9.85. The van der Waals surface area contributed by atoms with Crippen molar-refractivity contribution in [2.24, 2.45) is 5.92 Å². The molecule has 2 fully saturated rings. The molecule has 3 unspecified atom stereocenters. The zero-order valence-electron chi connectivity index (χ0n) is 14.3. The summed E-state index contributed by atoms with van der Waals surface area (Å²) in [6.07, 6.45) is 7.53. The van der Waals surface area contributed by atoms with Crippen molar-refractivity contribution in [3.8, 4) is 0 Å². The smallest absolute Gasteiger partial charge is 0.251 e. The molecule has 25 heavy (non-hydrogen) atoms. The minimum atomic E-state index is -0.144. The van der Waals surface area contributed by atoms with E-state index >= 15 is 0 Å². The van der Waals surface area contributed by atoms with Crippen LogP contribution >= 0.6 is 12.4 Å². The van der Waals surface area contributed by atoms with Crippen LogP contribution in [0.15, 0.2) is 36.9 Å². The van der Waals surface area contributed by atoms with Crippen molar-refractivity contribution in [3.63, 3.8) is 0 Å². The number of amides is 2. The quantitative estimate of drug-likeness (QED) is 0.704. The van der Waals surface area contributed by atoms with Crippen molar-refractivity contribution < 1.29 is 9.59 Å². The van der Waals surface area contributed by atoms with E-state index in [1.165, 1.54) is 25.7 Å². The van der Waals surface area contributed by atoms with E-state index in [-0.39, 0.29) is 30.3 Å². The average Bonchev–Trinajstić information content (AvgIpc) is 3.04. The molecule has 5 nitrogen and oxygen atoms in total. The predicted octanol–water partition coefficient (Wildman–Crippen LogP) is 2.88. The van der Waals surface area contributed by atoms with Crippen LogP contribution in [0.1, 0.15) is 42.5 Å². The fourth-order valence-electron chi connectivity index (χ4n) is 3.72. The Bertz CT molecular complexity index is 604. The van der Waals surface area contributed by atoms with Gasteiger partial charge in [-0.1, -0.05) is 18.9 Å². The third-order valence-electron chi connectivity index (χ3n) is 5.00. The summed E-state index contributed by atoms with van der Waals surface area (Å²) in [5, 5.41) is 9.16. The van der Waals surface area contributed by atoms with Crippen molar-refractivity contribution >= 4 is 29.9 Å². The maximum Gasteiger partial charge on any atom is 0.251 e. The number of rotatable bonds is 5. The molecule has 2 amide bonds. The molecule has 136 valence electrons. The highest BCUT2D eigenvalue weighted by molar-refractivity contribution is 5.97. The normalized spacial score (nSPS) is 24.6. The Morgan fingerprint density at radius 3 is 2.60 bits per heavy atom. The number of benzene rings is 1. The molecular weight excluding hydrogens is 338 g/mol. The third-order valence-corrected chi connectivity index (χ3v) is 5.00. The Labute approximate surface area is 155 Å². The molecule has 1 aliphatic carbocycles. The molecule has 0 radical (unpaired) electrons. The molecule has 3 rings (SSSR count). The van der Waals surface area contributed by atoms with E-state index in [0.717, 1.165) is 12.1 Å². The summed E-state index contributed by atoms with van der Waals surface area (Å²) in [5.74, 6) is 0.521. The topological polar surface area (TPSA) is 70.2 Å². The maximum atomic E-state index is 12.5. The standard InChI is InChI=1S/C19H25N3O2.ClH/c1-2-11-20-18(23)13-7-9-15(10-8-13)21-19(24)17-12-14-5-3-4-6-16(14)22-17;/h2,7-10,14,16-17,22H,1,3-6,11-12H2,(H,20,23)(H,21,24);1H. The van der Waals surface area contributed by atoms with E-state index in [2.05, 4.69) is 22.5 Å². The Hall–Kier alpha value is -1.85. The van der Waals surface area contributed by atoms with Crippen LogP contribution in [-0.4, -0.2) is 30.4 Å². The second-order valence-electron chi connectivity index (χ2n) is 6.67. The van der Waals surface area contributed by atoms with Gasteiger partial charge < -0.3 is 16.0 Å². The SMILES string of the molecule is C=CCNC(=O)c1ccc(NC(=O)C2CC3CCCCC3N2)cc1.Cl. The van der Waals surface area contributed by atoms with E-state index in [9.17, 15) is 9.59 Å². The predicted molar refractivity (Wildman–Crippen MR) is 102 cm³/mol. The largest absolute Gasteiger partial charge is 0.349 e. The number of nitrogens with one attached hydrogen (secondary N) is 3. The van der Waals surface area contributed by atoms with Crippen LogP contribution in [-0.2, 0) is 4.79 Å². The summed E-state index contributed by atoms with van der Waals surface area (Å²) in [6.45, 7) is 4.01. The lowest BCUT2D eigenvalue weighted by Crippen LogP contribution is -2.39. The molecule has 1 aromatic rings. The van der Waals surface area contributed by atoms with Gasteiger partial charge in [-0.2, -0.15) is 0 Å². The molecule has 6 heteroatoms. The van der Waals surface area contributed by atoms with Gasteiger partial charge in [-0.15, -0.1) is 19.0 Å². The summed E-state index contributed by atoms with van der Waals surface area (Å²) in [5.41, 5.74) is 1.29. The van der Waals surface area contributed by atoms with Crippen LogP contribution in [0.25, 0.3) is 0 Å². The zero-order valence-corrected chi connectivity index (χ0v) is 15.1. The highest BCUT2D eigenvalue weighted by Crippen LogP contribution is 2.33. The third kappa shape index (κ3) is 4.83. The van der Waals surface area contributed by atoms with E-state index in [1.807, 2.05) is 0 Å². The second-order valence-corrected chi connectivity index (χ2v) is 6.67. The van der Waals surface area contributed by atoms with Gasteiger partial charge in [0.25, 0.3) is 5.91 Å². The van der Waals surface area contributed by atoms with Gasteiger partial charge in [-0.3, -0.25) is 9.59 Å². The highest BCUT2D eigenvalue weighted by atomic mass is 35.5. The van der Waals surface area contributed by atoms with Gasteiger partial charge in [0.1, 0.15) is 0 Å². The molecule has 1 heterocycles. The molecule has 2 aliphatic rings. The van der Waals surface area contributed by atoms with E-state index in [0.29, 0.717) is 24.1 Å². The number of fused-ring (bicyclic) bond motifs is 1. The van der Waals surface area contributed by atoms with Crippen LogP contribution < -0.4 is 16.0 Å². The van der Waals surface area contributed by atoms with Crippen molar-refractivity contribution in [1.82, 2.24) is 10.6 Å². The van der Waals surface area contributed by atoms with E-state index < -0.39 is 0 Å². The van der Waals surface area contributed by atoms with Crippen LogP contribution in [0.5, 0.6) is 0 Å². The van der Waals surface area contributed by atoms with Gasteiger partial charge in [-0.25, -0.2) is 0 Å². The molecule has 0 bridgehead atoms. The molecule has 1 aromatic carbocycles. The van der Waals surface area contributed by atoms with E-state index in [1.54, 1.807) is 30.3 Å². The first kappa shape index (κ1) is 19.5. The summed E-state index contributed by atoms with van der Waals surface area (Å²) >= 11 is 0. The lowest BCUT2D eigenvalue weighted by Gasteiger charge is -2.24. The number of hydrogen-bond donors (Lipinski definition) is 3. The zero-order chi connectivity index (χ0) is 16.9. The summed E-state index contributed by atoms with van der Waals surface area (Å²) in [6, 6.07) is 7.37. The van der Waals surface area contributed by atoms with Gasteiger partial charge in [0.15, 0.2) is 0 Å². The number of carbonyl (C=O) groups is 2.